The van der Waals surface area contributed by atoms with E-state index >= 15 is 0 Å². The maximum absolute atomic E-state index is 12.3. The summed E-state index contributed by atoms with van der Waals surface area (Å²) in [5.74, 6) is 0.630. The van der Waals surface area contributed by atoms with Crippen molar-refractivity contribution in [3.8, 4) is 11.4 Å². The lowest BCUT2D eigenvalue weighted by Gasteiger charge is -2.15. The minimum Gasteiger partial charge on any atom is -0.306 e. The van der Waals surface area contributed by atoms with Gasteiger partial charge in [0.1, 0.15) is 5.82 Å². The Morgan fingerprint density at radius 2 is 1.90 bits per heavy atom. The molecule has 4 nitrogen and oxygen atoms in total. The minimum atomic E-state index is 0.00244. The van der Waals surface area contributed by atoms with Gasteiger partial charge in [-0.3, -0.25) is 9.78 Å². The van der Waals surface area contributed by atoms with Gasteiger partial charge in [0.25, 0.3) is 5.56 Å². The third-order valence-corrected chi connectivity index (χ3v) is 4.11. The van der Waals surface area contributed by atoms with Gasteiger partial charge in [-0.25, -0.2) is 4.98 Å². The summed E-state index contributed by atoms with van der Waals surface area (Å²) in [7, 11) is 0. The summed E-state index contributed by atoms with van der Waals surface area (Å²) >= 11 is 0. The summed E-state index contributed by atoms with van der Waals surface area (Å²) in [4.78, 5) is 24.2. The molecule has 0 saturated carbocycles. The van der Waals surface area contributed by atoms with Crippen molar-refractivity contribution in [2.75, 3.05) is 0 Å². The fourth-order valence-electron chi connectivity index (χ4n) is 3.04. The van der Waals surface area contributed by atoms with Crippen LogP contribution in [0.4, 0.5) is 0 Å². The quantitative estimate of drug-likeness (QED) is 0.744. The van der Waals surface area contributed by atoms with Crippen LogP contribution in [-0.4, -0.2) is 15.0 Å². The van der Waals surface area contributed by atoms with E-state index in [9.17, 15) is 4.79 Å². The van der Waals surface area contributed by atoms with Gasteiger partial charge in [-0.1, -0.05) is 24.3 Å². The molecule has 0 spiro atoms. The predicted molar refractivity (Wildman–Crippen MR) is 82.2 cm³/mol. The van der Waals surface area contributed by atoms with Gasteiger partial charge >= 0.3 is 0 Å². The highest BCUT2D eigenvalue weighted by atomic mass is 16.1. The van der Waals surface area contributed by atoms with Crippen molar-refractivity contribution in [1.29, 1.82) is 0 Å². The first-order valence-corrected chi connectivity index (χ1v) is 7.28. The molecule has 1 aliphatic carbocycles. The number of H-pyrrole nitrogens is 1. The van der Waals surface area contributed by atoms with Crippen LogP contribution in [0.3, 0.4) is 0 Å². The van der Waals surface area contributed by atoms with Gasteiger partial charge in [-0.05, 0) is 31.1 Å². The molecule has 1 N–H and O–H groups in total. The minimum absolute atomic E-state index is 0.00244. The van der Waals surface area contributed by atoms with Gasteiger partial charge in [0.2, 0.25) is 0 Å². The average Bonchev–Trinajstić information content (AvgIpc) is 2.54. The monoisotopic (exact) mass is 277 g/mol. The van der Waals surface area contributed by atoms with E-state index < -0.39 is 0 Å². The van der Waals surface area contributed by atoms with E-state index in [1.54, 1.807) is 6.20 Å². The van der Waals surface area contributed by atoms with E-state index in [1.807, 2.05) is 30.5 Å². The van der Waals surface area contributed by atoms with E-state index in [1.165, 1.54) is 0 Å². The Bertz CT molecular complexity index is 877. The molecule has 0 radical (unpaired) electrons. The van der Waals surface area contributed by atoms with Crippen molar-refractivity contribution in [3.05, 3.63) is 58.3 Å². The topological polar surface area (TPSA) is 58.6 Å². The van der Waals surface area contributed by atoms with Crippen LogP contribution in [0.25, 0.3) is 22.2 Å². The Labute approximate surface area is 121 Å². The van der Waals surface area contributed by atoms with Crippen LogP contribution in [0.2, 0.25) is 0 Å². The number of pyridine rings is 1. The second kappa shape index (κ2) is 4.81. The highest BCUT2D eigenvalue weighted by molar-refractivity contribution is 5.94. The molecular formula is C17H15N3O. The second-order valence-corrected chi connectivity index (χ2v) is 5.46. The lowest BCUT2D eigenvalue weighted by atomic mass is 9.97. The number of nitrogens with one attached hydrogen (secondary N) is 1. The lowest BCUT2D eigenvalue weighted by Crippen LogP contribution is -2.21. The smallest absolute Gasteiger partial charge is 0.254 e. The molecule has 2 heterocycles. The van der Waals surface area contributed by atoms with Crippen LogP contribution in [0.1, 0.15) is 24.1 Å². The molecule has 0 bridgehead atoms. The first-order chi connectivity index (χ1) is 10.3. The zero-order valence-corrected chi connectivity index (χ0v) is 11.6. The average molecular weight is 277 g/mol. The maximum atomic E-state index is 12.3. The third-order valence-electron chi connectivity index (χ3n) is 4.11. The largest absolute Gasteiger partial charge is 0.306 e. The van der Waals surface area contributed by atoms with Crippen molar-refractivity contribution >= 4 is 10.8 Å². The molecule has 0 saturated heterocycles. The molecule has 0 aliphatic heterocycles. The molecule has 104 valence electrons. The van der Waals surface area contributed by atoms with Crippen molar-refractivity contribution in [2.24, 2.45) is 0 Å². The van der Waals surface area contributed by atoms with Gasteiger partial charge in [0.15, 0.2) is 0 Å². The van der Waals surface area contributed by atoms with Crippen LogP contribution in [0.5, 0.6) is 0 Å². The van der Waals surface area contributed by atoms with E-state index in [0.29, 0.717) is 5.82 Å². The van der Waals surface area contributed by atoms with Gasteiger partial charge in [0.05, 0.1) is 5.69 Å². The highest BCUT2D eigenvalue weighted by Gasteiger charge is 2.17. The Morgan fingerprint density at radius 3 is 2.86 bits per heavy atom. The van der Waals surface area contributed by atoms with Crippen LogP contribution >= 0.6 is 0 Å². The van der Waals surface area contributed by atoms with Crippen molar-refractivity contribution in [3.63, 3.8) is 0 Å². The van der Waals surface area contributed by atoms with Crippen LogP contribution in [-0.2, 0) is 12.8 Å². The van der Waals surface area contributed by atoms with Crippen molar-refractivity contribution in [2.45, 2.75) is 25.7 Å². The normalized spacial score (nSPS) is 14.1. The Morgan fingerprint density at radius 1 is 1.05 bits per heavy atom. The third kappa shape index (κ3) is 2.03. The first-order valence-electron chi connectivity index (χ1n) is 7.28. The zero-order valence-electron chi connectivity index (χ0n) is 11.6. The number of aromatic nitrogens is 3. The first kappa shape index (κ1) is 12.3. The maximum Gasteiger partial charge on any atom is 0.254 e. The van der Waals surface area contributed by atoms with Crippen LogP contribution < -0.4 is 5.56 Å². The molecule has 0 atom stereocenters. The summed E-state index contributed by atoms with van der Waals surface area (Å²) in [6.07, 6.45) is 7.52. The predicted octanol–water partition coefficient (Wildman–Crippen LogP) is 2.86. The van der Waals surface area contributed by atoms with Crippen LogP contribution in [0.15, 0.2) is 41.5 Å². The number of hydrogen-bond acceptors (Lipinski definition) is 3. The summed E-state index contributed by atoms with van der Waals surface area (Å²) < 4.78 is 0. The molecular weight excluding hydrogens is 262 g/mol. The number of hydrogen-bond donors (Lipinski definition) is 1. The van der Waals surface area contributed by atoms with E-state index in [4.69, 9.17) is 4.98 Å². The molecule has 4 heteroatoms. The molecule has 0 unspecified atom stereocenters. The number of benzene rings is 1. The number of aromatic amines is 1. The SMILES string of the molecule is O=c1[nH]c(-c2cncc3ccccc23)nc2c1CCCC2. The van der Waals surface area contributed by atoms with E-state index in [0.717, 1.165) is 53.3 Å². The summed E-state index contributed by atoms with van der Waals surface area (Å²) in [6, 6.07) is 8.02. The second-order valence-electron chi connectivity index (χ2n) is 5.46. The van der Waals surface area contributed by atoms with Gasteiger partial charge in [0, 0.05) is 28.9 Å². The molecule has 21 heavy (non-hydrogen) atoms. The lowest BCUT2D eigenvalue weighted by molar-refractivity contribution is 0.657. The summed E-state index contributed by atoms with van der Waals surface area (Å²) in [5, 5.41) is 2.11. The standard InChI is InChI=1S/C17H15N3O/c21-17-13-7-3-4-8-15(13)19-16(20-17)14-10-18-9-11-5-1-2-6-12(11)14/h1-2,5-6,9-10H,3-4,7-8H2,(H,19,20,21). The fraction of sp³-hybridized carbons (Fsp3) is 0.235. The molecule has 0 fully saturated rings. The Hall–Kier alpha value is -2.49. The van der Waals surface area contributed by atoms with E-state index in [-0.39, 0.29) is 5.56 Å². The molecule has 3 aromatic rings. The summed E-state index contributed by atoms with van der Waals surface area (Å²) in [5.41, 5.74) is 2.70. The summed E-state index contributed by atoms with van der Waals surface area (Å²) in [6.45, 7) is 0. The molecule has 1 aliphatic rings. The van der Waals surface area contributed by atoms with Gasteiger partial charge < -0.3 is 4.98 Å². The number of nitrogens with zero attached hydrogens (tertiary/aromatic N) is 2. The molecule has 1 aromatic carbocycles. The van der Waals surface area contributed by atoms with Gasteiger partial charge in [-0.2, -0.15) is 0 Å². The zero-order chi connectivity index (χ0) is 14.2. The molecule has 0 amide bonds. The highest BCUT2D eigenvalue weighted by Crippen LogP contribution is 2.25. The van der Waals surface area contributed by atoms with Crippen molar-refractivity contribution in [1.82, 2.24) is 15.0 Å². The fourth-order valence-corrected chi connectivity index (χ4v) is 3.04. The molecule has 4 rings (SSSR count). The van der Waals surface area contributed by atoms with Crippen molar-refractivity contribution < 1.29 is 0 Å². The molecule has 2 aromatic heterocycles. The number of aryl methyl sites for hydroxylation is 1. The Balaban J connectivity index is 1.97. The van der Waals surface area contributed by atoms with E-state index in [2.05, 4.69) is 9.97 Å². The van der Waals surface area contributed by atoms with Crippen LogP contribution in [0, 0.1) is 0 Å². The number of fused-ring (bicyclic) bond motifs is 2. The number of rotatable bonds is 1. The Kier molecular flexibility index (Phi) is 2.81. The van der Waals surface area contributed by atoms with Gasteiger partial charge in [-0.15, -0.1) is 0 Å².